The SMILES string of the molecule is O=C(NCC=Cc1ccc(Br)nc1)OCc1ccccc1. The van der Waals surface area contributed by atoms with Crippen LogP contribution in [0.5, 0.6) is 0 Å². The number of hydrogen-bond donors (Lipinski definition) is 1. The van der Waals surface area contributed by atoms with Gasteiger partial charge < -0.3 is 10.1 Å². The molecule has 0 atom stereocenters. The first-order valence-corrected chi connectivity index (χ1v) is 7.26. The highest BCUT2D eigenvalue weighted by atomic mass is 79.9. The van der Waals surface area contributed by atoms with Gasteiger partial charge in [0.05, 0.1) is 0 Å². The van der Waals surface area contributed by atoms with Gasteiger partial charge in [-0.3, -0.25) is 0 Å². The lowest BCUT2D eigenvalue weighted by Gasteiger charge is -2.05. The van der Waals surface area contributed by atoms with Crippen LogP contribution in [0.3, 0.4) is 0 Å². The minimum absolute atomic E-state index is 0.271. The van der Waals surface area contributed by atoms with Crippen LogP contribution in [0.4, 0.5) is 4.79 Å². The minimum atomic E-state index is -0.433. The van der Waals surface area contributed by atoms with Gasteiger partial charge in [0.1, 0.15) is 11.2 Å². The Morgan fingerprint density at radius 3 is 2.76 bits per heavy atom. The molecule has 0 fully saturated rings. The second kappa shape index (κ2) is 8.21. The predicted molar refractivity (Wildman–Crippen MR) is 85.6 cm³/mol. The smallest absolute Gasteiger partial charge is 0.407 e. The predicted octanol–water partition coefficient (Wildman–Crippen LogP) is 3.78. The van der Waals surface area contributed by atoms with Crippen LogP contribution >= 0.6 is 15.9 Å². The number of amides is 1. The second-order valence-electron chi connectivity index (χ2n) is 4.26. The fourth-order valence-corrected chi connectivity index (χ4v) is 1.83. The molecule has 5 heteroatoms. The van der Waals surface area contributed by atoms with Gasteiger partial charge in [-0.25, -0.2) is 9.78 Å². The van der Waals surface area contributed by atoms with Gasteiger partial charge in [-0.1, -0.05) is 48.6 Å². The van der Waals surface area contributed by atoms with E-state index in [1.807, 2.05) is 54.6 Å². The molecule has 0 spiro atoms. The quantitative estimate of drug-likeness (QED) is 0.838. The first-order chi connectivity index (χ1) is 10.2. The van der Waals surface area contributed by atoms with Crippen molar-refractivity contribution in [1.82, 2.24) is 10.3 Å². The van der Waals surface area contributed by atoms with Crippen LogP contribution in [0.1, 0.15) is 11.1 Å². The number of nitrogens with one attached hydrogen (secondary N) is 1. The van der Waals surface area contributed by atoms with E-state index in [4.69, 9.17) is 4.74 Å². The summed E-state index contributed by atoms with van der Waals surface area (Å²) in [5, 5.41) is 2.66. The molecule has 0 saturated carbocycles. The Hall–Kier alpha value is -2.14. The molecule has 0 bridgehead atoms. The third kappa shape index (κ3) is 5.79. The van der Waals surface area contributed by atoms with E-state index in [1.165, 1.54) is 0 Å². The maximum atomic E-state index is 11.5. The van der Waals surface area contributed by atoms with E-state index in [9.17, 15) is 4.79 Å². The fourth-order valence-electron chi connectivity index (χ4n) is 1.60. The maximum Gasteiger partial charge on any atom is 0.407 e. The molecule has 0 aliphatic carbocycles. The van der Waals surface area contributed by atoms with Gasteiger partial charge in [-0.2, -0.15) is 0 Å². The molecule has 2 rings (SSSR count). The van der Waals surface area contributed by atoms with Gasteiger partial charge in [0, 0.05) is 12.7 Å². The summed E-state index contributed by atoms with van der Waals surface area (Å²) in [7, 11) is 0. The van der Waals surface area contributed by atoms with Gasteiger partial charge in [0.25, 0.3) is 0 Å². The molecule has 0 unspecified atom stereocenters. The lowest BCUT2D eigenvalue weighted by atomic mass is 10.2. The van der Waals surface area contributed by atoms with E-state index in [0.29, 0.717) is 6.54 Å². The highest BCUT2D eigenvalue weighted by molar-refractivity contribution is 9.10. The number of alkyl carbamates (subject to hydrolysis) is 1. The lowest BCUT2D eigenvalue weighted by Crippen LogP contribution is -2.24. The monoisotopic (exact) mass is 346 g/mol. The van der Waals surface area contributed by atoms with Crippen molar-refractivity contribution in [3.63, 3.8) is 0 Å². The standard InChI is InChI=1S/C16H15BrN2O2/c17-15-9-8-13(11-19-15)7-4-10-18-16(20)21-12-14-5-2-1-3-6-14/h1-9,11H,10,12H2,(H,18,20). The van der Waals surface area contributed by atoms with Crippen molar-refractivity contribution in [2.45, 2.75) is 6.61 Å². The highest BCUT2D eigenvalue weighted by Crippen LogP contribution is 2.07. The number of ether oxygens (including phenoxy) is 1. The summed E-state index contributed by atoms with van der Waals surface area (Å²) in [6.07, 6.45) is 5.04. The third-order valence-corrected chi connectivity index (χ3v) is 3.11. The summed E-state index contributed by atoms with van der Waals surface area (Å²) >= 11 is 3.27. The van der Waals surface area contributed by atoms with Crippen molar-refractivity contribution in [2.75, 3.05) is 6.54 Å². The zero-order valence-electron chi connectivity index (χ0n) is 11.3. The number of carbonyl (C=O) groups excluding carboxylic acids is 1. The second-order valence-corrected chi connectivity index (χ2v) is 5.07. The number of aromatic nitrogens is 1. The van der Waals surface area contributed by atoms with Crippen molar-refractivity contribution in [3.8, 4) is 0 Å². The Kier molecular flexibility index (Phi) is 5.97. The molecular weight excluding hydrogens is 332 g/mol. The van der Waals surface area contributed by atoms with Gasteiger partial charge in [-0.15, -0.1) is 0 Å². The zero-order chi connectivity index (χ0) is 14.9. The molecule has 1 aromatic carbocycles. The van der Waals surface area contributed by atoms with Gasteiger partial charge >= 0.3 is 6.09 Å². The Labute approximate surface area is 132 Å². The number of rotatable bonds is 5. The number of pyridine rings is 1. The van der Waals surface area contributed by atoms with E-state index in [2.05, 4.69) is 26.2 Å². The van der Waals surface area contributed by atoms with E-state index >= 15 is 0 Å². The van der Waals surface area contributed by atoms with Crippen LogP contribution in [-0.4, -0.2) is 17.6 Å². The molecule has 4 nitrogen and oxygen atoms in total. The topological polar surface area (TPSA) is 51.2 Å². The lowest BCUT2D eigenvalue weighted by molar-refractivity contribution is 0.141. The highest BCUT2D eigenvalue weighted by Gasteiger charge is 2.00. The normalized spacial score (nSPS) is 10.5. The molecule has 0 aliphatic rings. The van der Waals surface area contributed by atoms with Crippen molar-refractivity contribution >= 4 is 28.1 Å². The number of nitrogens with zero attached hydrogens (tertiary/aromatic N) is 1. The van der Waals surface area contributed by atoms with Gasteiger partial charge in [0.2, 0.25) is 0 Å². The van der Waals surface area contributed by atoms with E-state index < -0.39 is 6.09 Å². The molecule has 1 N–H and O–H groups in total. The Balaban J connectivity index is 1.68. The van der Waals surface area contributed by atoms with Gasteiger partial charge in [0.15, 0.2) is 0 Å². The molecule has 108 valence electrons. The molecule has 0 aliphatic heterocycles. The molecule has 1 amide bonds. The average Bonchev–Trinajstić information content (AvgIpc) is 2.52. The van der Waals surface area contributed by atoms with E-state index in [-0.39, 0.29) is 6.61 Å². The zero-order valence-corrected chi connectivity index (χ0v) is 12.9. The van der Waals surface area contributed by atoms with Crippen molar-refractivity contribution < 1.29 is 9.53 Å². The molecule has 21 heavy (non-hydrogen) atoms. The summed E-state index contributed by atoms with van der Waals surface area (Å²) in [5.41, 5.74) is 1.93. The first kappa shape index (κ1) is 15.3. The molecular formula is C16H15BrN2O2. The molecule has 1 heterocycles. The van der Waals surface area contributed by atoms with Crippen molar-refractivity contribution in [1.29, 1.82) is 0 Å². The summed E-state index contributed by atoms with van der Waals surface area (Å²) in [6, 6.07) is 13.4. The number of hydrogen-bond acceptors (Lipinski definition) is 3. The van der Waals surface area contributed by atoms with E-state index in [0.717, 1.165) is 15.7 Å². The molecule has 0 saturated heterocycles. The number of benzene rings is 1. The Morgan fingerprint density at radius 1 is 1.24 bits per heavy atom. The number of halogens is 1. The van der Waals surface area contributed by atoms with Crippen LogP contribution in [-0.2, 0) is 11.3 Å². The summed E-state index contributed by atoms with van der Waals surface area (Å²) in [4.78, 5) is 15.6. The first-order valence-electron chi connectivity index (χ1n) is 6.47. The average molecular weight is 347 g/mol. The van der Waals surface area contributed by atoms with Crippen LogP contribution in [0.25, 0.3) is 6.08 Å². The van der Waals surface area contributed by atoms with Crippen LogP contribution < -0.4 is 5.32 Å². The van der Waals surface area contributed by atoms with Crippen LogP contribution in [0, 0.1) is 0 Å². The number of carbonyl (C=O) groups is 1. The Morgan fingerprint density at radius 2 is 2.05 bits per heavy atom. The summed E-state index contributed by atoms with van der Waals surface area (Å²) < 4.78 is 5.89. The fraction of sp³-hybridized carbons (Fsp3) is 0.125. The minimum Gasteiger partial charge on any atom is -0.445 e. The Bertz CT molecular complexity index is 597. The van der Waals surface area contributed by atoms with E-state index in [1.54, 1.807) is 6.20 Å². The summed E-state index contributed by atoms with van der Waals surface area (Å²) in [5.74, 6) is 0. The molecule has 1 aromatic heterocycles. The van der Waals surface area contributed by atoms with Crippen LogP contribution in [0.15, 0.2) is 59.3 Å². The molecule has 0 radical (unpaired) electrons. The van der Waals surface area contributed by atoms with Crippen LogP contribution in [0.2, 0.25) is 0 Å². The summed E-state index contributed by atoms with van der Waals surface area (Å²) in [6.45, 7) is 0.677. The van der Waals surface area contributed by atoms with Gasteiger partial charge in [-0.05, 0) is 33.1 Å². The maximum absolute atomic E-state index is 11.5. The third-order valence-electron chi connectivity index (χ3n) is 2.64. The molecule has 2 aromatic rings. The van der Waals surface area contributed by atoms with Crippen molar-refractivity contribution in [2.24, 2.45) is 0 Å². The largest absolute Gasteiger partial charge is 0.445 e. The van der Waals surface area contributed by atoms with Crippen molar-refractivity contribution in [3.05, 3.63) is 70.5 Å².